The van der Waals surface area contributed by atoms with Crippen LogP contribution in [0.1, 0.15) is 13.3 Å². The number of nitrogens with zero attached hydrogens (tertiary/aromatic N) is 2. The van der Waals surface area contributed by atoms with Crippen LogP contribution in [0.5, 0.6) is 0 Å². The fourth-order valence-electron chi connectivity index (χ4n) is 2.46. The monoisotopic (exact) mass is 335 g/mol. The van der Waals surface area contributed by atoms with Gasteiger partial charge in [-0.2, -0.15) is 5.10 Å². The van der Waals surface area contributed by atoms with Gasteiger partial charge in [0.2, 0.25) is 5.91 Å². The van der Waals surface area contributed by atoms with E-state index in [1.54, 1.807) is 11.0 Å². The van der Waals surface area contributed by atoms with Crippen molar-refractivity contribution in [1.82, 2.24) is 10.2 Å². The third-order valence-corrected chi connectivity index (χ3v) is 4.61. The number of thioether (sulfide) groups is 1. The molecule has 1 unspecified atom stereocenters. The summed E-state index contributed by atoms with van der Waals surface area (Å²) in [4.78, 5) is 24.9. The van der Waals surface area contributed by atoms with Crippen molar-refractivity contribution in [2.75, 3.05) is 11.4 Å². The van der Waals surface area contributed by atoms with Crippen LogP contribution in [0.2, 0.25) is 5.02 Å². The molecule has 5 nitrogen and oxygen atoms in total. The summed E-state index contributed by atoms with van der Waals surface area (Å²) in [6, 6.07) is 9.24. The first-order valence-corrected chi connectivity index (χ1v) is 8.07. The molecule has 1 aromatic carbocycles. The number of amides is 1. The smallest absolute Gasteiger partial charge is 0.229 e. The molecule has 0 saturated carbocycles. The number of rotatable bonds is 3. The normalized spacial score (nSPS) is 18.0. The zero-order valence-corrected chi connectivity index (χ0v) is 13.4. The average Bonchev–Trinajstić information content (AvgIpc) is 3.05. The summed E-state index contributed by atoms with van der Waals surface area (Å²) < 4.78 is 0. The van der Waals surface area contributed by atoms with E-state index in [4.69, 9.17) is 11.6 Å². The van der Waals surface area contributed by atoms with Gasteiger partial charge in [0.05, 0.1) is 5.69 Å². The average molecular weight is 336 g/mol. The van der Waals surface area contributed by atoms with E-state index in [1.807, 2.05) is 24.3 Å². The van der Waals surface area contributed by atoms with Crippen LogP contribution >= 0.6 is 23.4 Å². The van der Waals surface area contributed by atoms with Crippen molar-refractivity contribution >= 4 is 40.2 Å². The van der Waals surface area contributed by atoms with Gasteiger partial charge in [0, 0.05) is 41.8 Å². The number of aromatic nitrogens is 2. The van der Waals surface area contributed by atoms with Crippen molar-refractivity contribution in [2.45, 2.75) is 18.6 Å². The molecule has 1 N–H and O–H groups in total. The Labute approximate surface area is 137 Å². The molecule has 0 radical (unpaired) electrons. The second-order valence-corrected chi connectivity index (χ2v) is 7.00. The number of aromatic amines is 1. The fraction of sp³-hybridized carbons (Fsp3) is 0.267. The Morgan fingerprint density at radius 3 is 3.00 bits per heavy atom. The third kappa shape index (κ3) is 3.18. The highest BCUT2D eigenvalue weighted by atomic mass is 35.5. The number of carbonyl (C=O) groups is 2. The lowest BCUT2D eigenvalue weighted by Gasteiger charge is -2.12. The lowest BCUT2D eigenvalue weighted by Crippen LogP contribution is -2.25. The van der Waals surface area contributed by atoms with Crippen LogP contribution in [-0.4, -0.2) is 33.0 Å². The Morgan fingerprint density at radius 1 is 1.45 bits per heavy atom. The van der Waals surface area contributed by atoms with Gasteiger partial charge in [-0.15, -0.1) is 0 Å². The molecule has 1 aromatic heterocycles. The van der Waals surface area contributed by atoms with Gasteiger partial charge in [0.25, 0.3) is 0 Å². The zero-order valence-electron chi connectivity index (χ0n) is 11.9. The summed E-state index contributed by atoms with van der Waals surface area (Å²) in [7, 11) is 0. The number of carbonyl (C=O) groups excluding carboxylic acids is 2. The maximum Gasteiger partial charge on any atom is 0.229 e. The fourth-order valence-corrected chi connectivity index (χ4v) is 3.57. The lowest BCUT2D eigenvalue weighted by molar-refractivity contribution is -0.117. The van der Waals surface area contributed by atoms with Gasteiger partial charge in [-0.05, 0) is 12.1 Å². The minimum absolute atomic E-state index is 0.00341. The predicted octanol–water partition coefficient (Wildman–Crippen LogP) is 3.12. The van der Waals surface area contributed by atoms with Gasteiger partial charge in [-0.3, -0.25) is 19.6 Å². The van der Waals surface area contributed by atoms with E-state index in [0.29, 0.717) is 23.8 Å². The van der Waals surface area contributed by atoms with Crippen molar-refractivity contribution in [3.8, 4) is 11.3 Å². The van der Waals surface area contributed by atoms with Gasteiger partial charge in [-0.25, -0.2) is 0 Å². The van der Waals surface area contributed by atoms with Gasteiger partial charge in [0.15, 0.2) is 10.9 Å². The first kappa shape index (κ1) is 15.1. The van der Waals surface area contributed by atoms with Crippen molar-refractivity contribution in [3.63, 3.8) is 0 Å². The zero-order chi connectivity index (χ0) is 15.7. The van der Waals surface area contributed by atoms with Gasteiger partial charge in [0.1, 0.15) is 0 Å². The molecule has 1 atom stereocenters. The molecule has 22 heavy (non-hydrogen) atoms. The molecule has 1 fully saturated rings. The van der Waals surface area contributed by atoms with Crippen LogP contribution in [0.4, 0.5) is 5.82 Å². The number of hydrogen-bond acceptors (Lipinski definition) is 4. The van der Waals surface area contributed by atoms with E-state index < -0.39 is 0 Å². The molecule has 1 amide bonds. The van der Waals surface area contributed by atoms with Crippen molar-refractivity contribution in [3.05, 3.63) is 35.4 Å². The predicted molar refractivity (Wildman–Crippen MR) is 88.1 cm³/mol. The Bertz CT molecular complexity index is 731. The van der Waals surface area contributed by atoms with Crippen LogP contribution in [-0.2, 0) is 9.59 Å². The van der Waals surface area contributed by atoms with Crippen molar-refractivity contribution < 1.29 is 9.59 Å². The summed E-state index contributed by atoms with van der Waals surface area (Å²) in [5.74, 6) is 0.564. The molecule has 2 heterocycles. The summed E-state index contributed by atoms with van der Waals surface area (Å²) >= 11 is 7.20. The Kier molecular flexibility index (Phi) is 4.22. The van der Waals surface area contributed by atoms with Crippen LogP contribution in [0.3, 0.4) is 0 Å². The number of benzene rings is 1. The molecule has 0 spiro atoms. The number of halogens is 1. The maximum atomic E-state index is 12.1. The lowest BCUT2D eigenvalue weighted by atomic mass is 10.1. The topological polar surface area (TPSA) is 66.1 Å². The molecule has 1 aliphatic rings. The second kappa shape index (κ2) is 6.14. The number of anilines is 1. The van der Waals surface area contributed by atoms with Gasteiger partial charge in [-0.1, -0.05) is 35.5 Å². The van der Waals surface area contributed by atoms with E-state index in [0.717, 1.165) is 11.3 Å². The highest BCUT2D eigenvalue weighted by Crippen LogP contribution is 2.30. The molecular weight excluding hydrogens is 322 g/mol. The summed E-state index contributed by atoms with van der Waals surface area (Å²) in [6.45, 7) is 2.02. The van der Waals surface area contributed by atoms with Gasteiger partial charge >= 0.3 is 0 Å². The molecule has 1 saturated heterocycles. The SMILES string of the molecule is CC(=O)SC1CC(=O)N(c2cc(-c3cccc(Cl)c3)[nH]n2)C1. The van der Waals surface area contributed by atoms with Crippen molar-refractivity contribution in [1.29, 1.82) is 0 Å². The summed E-state index contributed by atoms with van der Waals surface area (Å²) in [6.07, 6.45) is 0.365. The van der Waals surface area contributed by atoms with Gasteiger partial charge < -0.3 is 0 Å². The van der Waals surface area contributed by atoms with Crippen LogP contribution in [0.25, 0.3) is 11.3 Å². The molecule has 0 aliphatic carbocycles. The second-order valence-electron chi connectivity index (χ2n) is 5.09. The van der Waals surface area contributed by atoms with Crippen LogP contribution < -0.4 is 4.90 Å². The first-order chi connectivity index (χ1) is 10.5. The molecule has 1 aliphatic heterocycles. The number of nitrogens with one attached hydrogen (secondary N) is 1. The molecule has 2 aromatic rings. The molecule has 3 rings (SSSR count). The molecular formula is C15H14ClN3O2S. The van der Waals surface area contributed by atoms with E-state index in [-0.39, 0.29) is 16.3 Å². The van der Waals surface area contributed by atoms with E-state index in [1.165, 1.54) is 18.7 Å². The number of hydrogen-bond donors (Lipinski definition) is 1. The largest absolute Gasteiger partial charge is 0.294 e. The molecule has 114 valence electrons. The Morgan fingerprint density at radius 2 is 2.27 bits per heavy atom. The molecule has 0 bridgehead atoms. The number of H-pyrrole nitrogens is 1. The quantitative estimate of drug-likeness (QED) is 0.936. The Balaban J connectivity index is 1.79. The first-order valence-electron chi connectivity index (χ1n) is 6.82. The standard InChI is InChI=1S/C15H14ClN3O2S/c1-9(20)22-12-6-15(21)19(8-12)14-7-13(17-18-14)10-3-2-4-11(16)5-10/h2-5,7,12H,6,8H2,1H3,(H,17,18). The van der Waals surface area contributed by atoms with E-state index >= 15 is 0 Å². The summed E-state index contributed by atoms with van der Waals surface area (Å²) in [5.41, 5.74) is 1.71. The van der Waals surface area contributed by atoms with Crippen molar-refractivity contribution in [2.24, 2.45) is 0 Å². The Hall–Kier alpha value is -1.79. The molecule has 7 heteroatoms. The highest BCUT2D eigenvalue weighted by molar-refractivity contribution is 8.14. The van der Waals surface area contributed by atoms with E-state index in [9.17, 15) is 9.59 Å². The minimum Gasteiger partial charge on any atom is -0.294 e. The minimum atomic E-state index is -0.0112. The summed E-state index contributed by atoms with van der Waals surface area (Å²) in [5, 5.41) is 7.81. The maximum absolute atomic E-state index is 12.1. The highest BCUT2D eigenvalue weighted by Gasteiger charge is 2.33. The van der Waals surface area contributed by atoms with E-state index in [2.05, 4.69) is 10.2 Å². The third-order valence-electron chi connectivity index (χ3n) is 3.40. The van der Waals surface area contributed by atoms with Crippen LogP contribution in [0.15, 0.2) is 30.3 Å². The van der Waals surface area contributed by atoms with Crippen LogP contribution in [0, 0.1) is 0 Å².